The van der Waals surface area contributed by atoms with E-state index in [4.69, 9.17) is 21.1 Å². The lowest BCUT2D eigenvalue weighted by atomic mass is 9.61. The van der Waals surface area contributed by atoms with E-state index in [1.54, 1.807) is 72.8 Å². The van der Waals surface area contributed by atoms with Crippen molar-refractivity contribution in [2.45, 2.75) is 38.7 Å². The van der Waals surface area contributed by atoms with E-state index < -0.39 is 41.0 Å². The van der Waals surface area contributed by atoms with Gasteiger partial charge in [0.1, 0.15) is 23.2 Å². The molecule has 0 heterocycles. The molecular weight excluding hydrogens is 532 g/mol. The normalized spacial score (nSPS) is 22.3. The molecule has 1 fully saturated rings. The number of carbonyl (C=O) groups is 3. The van der Waals surface area contributed by atoms with Crippen LogP contribution in [0.15, 0.2) is 72.8 Å². The molecule has 210 valence electrons. The molecular formula is C31H33ClN2O6. The Morgan fingerprint density at radius 3 is 1.90 bits per heavy atom. The largest absolute Gasteiger partial charge is 0.492 e. The lowest BCUT2D eigenvalue weighted by molar-refractivity contribution is -0.150. The third kappa shape index (κ3) is 6.29. The number of hydrogen-bond acceptors (Lipinski definition) is 6. The first-order chi connectivity index (χ1) is 19.2. The van der Waals surface area contributed by atoms with Gasteiger partial charge in [-0.1, -0.05) is 48.0 Å². The smallest absolute Gasteiger partial charge is 0.235 e. The molecule has 8 nitrogen and oxygen atoms in total. The quantitative estimate of drug-likeness (QED) is 0.298. The van der Waals surface area contributed by atoms with E-state index in [9.17, 15) is 19.5 Å². The number of ketones is 1. The van der Waals surface area contributed by atoms with E-state index in [0.29, 0.717) is 46.7 Å². The number of anilines is 2. The number of halogens is 1. The molecule has 4 unspecified atom stereocenters. The third-order valence-corrected chi connectivity index (χ3v) is 7.23. The van der Waals surface area contributed by atoms with Crippen LogP contribution in [0.2, 0.25) is 5.02 Å². The van der Waals surface area contributed by atoms with Gasteiger partial charge in [0.2, 0.25) is 11.8 Å². The van der Waals surface area contributed by atoms with Crippen molar-refractivity contribution >= 4 is 40.6 Å². The summed E-state index contributed by atoms with van der Waals surface area (Å²) in [6, 6.07) is 20.5. The molecule has 3 aromatic rings. The number of ether oxygens (including phenoxy) is 2. The van der Waals surface area contributed by atoms with Gasteiger partial charge in [-0.05, 0) is 62.7 Å². The van der Waals surface area contributed by atoms with Gasteiger partial charge in [0.25, 0.3) is 0 Å². The molecule has 2 amide bonds. The second kappa shape index (κ2) is 12.5. The molecule has 9 heteroatoms. The Bertz CT molecular complexity index is 1370. The van der Waals surface area contributed by atoms with Crippen molar-refractivity contribution in [3.05, 3.63) is 83.4 Å². The topological polar surface area (TPSA) is 114 Å². The van der Waals surface area contributed by atoms with Crippen LogP contribution in [-0.4, -0.2) is 41.5 Å². The molecule has 0 bridgehead atoms. The monoisotopic (exact) mass is 564 g/mol. The molecule has 4 atom stereocenters. The Morgan fingerprint density at radius 2 is 1.38 bits per heavy atom. The van der Waals surface area contributed by atoms with Crippen molar-refractivity contribution in [2.75, 3.05) is 23.8 Å². The van der Waals surface area contributed by atoms with E-state index in [1.807, 2.05) is 13.8 Å². The average molecular weight is 565 g/mol. The maximum atomic E-state index is 13.9. The molecule has 0 aliphatic heterocycles. The molecule has 1 saturated carbocycles. The molecule has 0 aromatic heterocycles. The molecule has 4 rings (SSSR count). The van der Waals surface area contributed by atoms with E-state index in [2.05, 4.69) is 10.6 Å². The van der Waals surface area contributed by atoms with E-state index in [0.717, 1.165) is 0 Å². The lowest BCUT2D eigenvalue weighted by Crippen LogP contribution is -2.56. The lowest BCUT2D eigenvalue weighted by Gasteiger charge is -2.44. The summed E-state index contributed by atoms with van der Waals surface area (Å²) in [7, 11) is 0. The number of para-hydroxylation sites is 4. The summed E-state index contributed by atoms with van der Waals surface area (Å²) in [5.41, 5.74) is -0.398. The summed E-state index contributed by atoms with van der Waals surface area (Å²) in [5, 5.41) is 17.7. The first-order valence-corrected chi connectivity index (χ1v) is 13.6. The molecule has 1 aliphatic rings. The zero-order valence-corrected chi connectivity index (χ0v) is 23.4. The highest BCUT2D eigenvalue weighted by Gasteiger charge is 2.56. The van der Waals surface area contributed by atoms with Crippen LogP contribution in [0, 0.1) is 11.8 Å². The molecule has 3 N–H and O–H groups in total. The fourth-order valence-corrected chi connectivity index (χ4v) is 5.43. The van der Waals surface area contributed by atoms with Crippen molar-refractivity contribution in [1.82, 2.24) is 0 Å². The Balaban J connectivity index is 1.76. The minimum absolute atomic E-state index is 0.381. The highest BCUT2D eigenvalue weighted by molar-refractivity contribution is 6.30. The minimum Gasteiger partial charge on any atom is -0.492 e. The summed E-state index contributed by atoms with van der Waals surface area (Å²) < 4.78 is 11.3. The fourth-order valence-electron chi connectivity index (χ4n) is 5.30. The van der Waals surface area contributed by atoms with Gasteiger partial charge in [-0.3, -0.25) is 14.4 Å². The van der Waals surface area contributed by atoms with Crippen LogP contribution in [0.1, 0.15) is 38.7 Å². The van der Waals surface area contributed by atoms with Gasteiger partial charge in [-0.25, -0.2) is 0 Å². The maximum Gasteiger partial charge on any atom is 0.235 e. The van der Waals surface area contributed by atoms with Crippen molar-refractivity contribution in [1.29, 1.82) is 0 Å². The van der Waals surface area contributed by atoms with Crippen molar-refractivity contribution in [2.24, 2.45) is 11.8 Å². The van der Waals surface area contributed by atoms with Crippen LogP contribution in [0.25, 0.3) is 0 Å². The number of nitrogens with one attached hydrogen (secondary N) is 2. The minimum atomic E-state index is -1.74. The molecule has 0 saturated heterocycles. The van der Waals surface area contributed by atoms with Crippen LogP contribution in [-0.2, 0) is 14.4 Å². The van der Waals surface area contributed by atoms with E-state index in [1.165, 1.54) is 6.92 Å². The van der Waals surface area contributed by atoms with Crippen LogP contribution >= 0.6 is 11.6 Å². The number of carbonyl (C=O) groups excluding carboxylic acids is 3. The molecule has 0 radical (unpaired) electrons. The Labute approximate surface area is 238 Å². The number of Topliss-reactive ketones (excluding diaryl/α,β-unsaturated/α-hetero) is 1. The van der Waals surface area contributed by atoms with E-state index in [-0.39, 0.29) is 6.42 Å². The van der Waals surface area contributed by atoms with Crippen molar-refractivity contribution in [3.63, 3.8) is 0 Å². The zero-order valence-electron chi connectivity index (χ0n) is 22.6. The van der Waals surface area contributed by atoms with Gasteiger partial charge in [0, 0.05) is 17.4 Å². The summed E-state index contributed by atoms with van der Waals surface area (Å²) in [4.78, 5) is 41.3. The van der Waals surface area contributed by atoms with Gasteiger partial charge in [0.15, 0.2) is 0 Å². The first-order valence-electron chi connectivity index (χ1n) is 13.2. The van der Waals surface area contributed by atoms with E-state index >= 15 is 0 Å². The average Bonchev–Trinajstić information content (AvgIpc) is 2.90. The highest BCUT2D eigenvalue weighted by Crippen LogP contribution is 2.47. The Morgan fingerprint density at radius 1 is 0.875 bits per heavy atom. The molecule has 0 spiro atoms. The van der Waals surface area contributed by atoms with Crippen molar-refractivity contribution < 1.29 is 29.0 Å². The SMILES string of the molecule is CCOc1ccccc1NC(=O)C1C(=O)CC(C)(O)C(C(=O)Nc2ccccc2OCC)C1c1ccc(Cl)cc1. The van der Waals surface area contributed by atoms with Crippen LogP contribution in [0.3, 0.4) is 0 Å². The number of amides is 2. The third-order valence-electron chi connectivity index (χ3n) is 6.98. The predicted molar refractivity (Wildman–Crippen MR) is 154 cm³/mol. The number of rotatable bonds is 9. The summed E-state index contributed by atoms with van der Waals surface area (Å²) in [6.07, 6.45) is -0.381. The van der Waals surface area contributed by atoms with Gasteiger partial charge in [-0.2, -0.15) is 0 Å². The maximum absolute atomic E-state index is 13.9. The Kier molecular flexibility index (Phi) is 9.12. The number of hydrogen-bond donors (Lipinski definition) is 3. The highest BCUT2D eigenvalue weighted by atomic mass is 35.5. The second-order valence-electron chi connectivity index (χ2n) is 9.87. The Hall–Kier alpha value is -3.88. The summed E-state index contributed by atoms with van der Waals surface area (Å²) >= 11 is 6.14. The molecule has 3 aromatic carbocycles. The summed E-state index contributed by atoms with van der Waals surface area (Å²) in [5.74, 6) is -4.12. The van der Waals surface area contributed by atoms with Gasteiger partial charge in [-0.15, -0.1) is 0 Å². The number of benzene rings is 3. The van der Waals surface area contributed by atoms with Gasteiger partial charge < -0.3 is 25.2 Å². The van der Waals surface area contributed by atoms with Crippen LogP contribution in [0.5, 0.6) is 11.5 Å². The molecule has 40 heavy (non-hydrogen) atoms. The number of aliphatic hydroxyl groups is 1. The standard InChI is InChI=1S/C31H33ClN2O6/c1-4-39-24-12-8-6-10-21(24)33-29(36)27-23(35)18-31(3,38)28(26(27)19-14-16-20(32)17-15-19)30(37)34-22-11-7-9-13-25(22)40-5-2/h6-17,26-28,38H,4-5,18H2,1-3H3,(H,33,36)(H,34,37). The first kappa shape index (κ1) is 29.1. The van der Waals surface area contributed by atoms with Gasteiger partial charge >= 0.3 is 0 Å². The second-order valence-corrected chi connectivity index (χ2v) is 10.3. The molecule has 1 aliphatic carbocycles. The van der Waals surface area contributed by atoms with Crippen LogP contribution in [0.4, 0.5) is 11.4 Å². The predicted octanol–water partition coefficient (Wildman–Crippen LogP) is 5.45. The van der Waals surface area contributed by atoms with Gasteiger partial charge in [0.05, 0.1) is 36.1 Å². The van der Waals surface area contributed by atoms with Crippen LogP contribution < -0.4 is 20.1 Å². The fraction of sp³-hybridized carbons (Fsp3) is 0.323. The zero-order chi connectivity index (χ0) is 28.9. The summed E-state index contributed by atoms with van der Waals surface area (Å²) in [6.45, 7) is 5.89. The van der Waals surface area contributed by atoms with Crippen molar-refractivity contribution in [3.8, 4) is 11.5 Å².